The second-order valence-electron chi connectivity index (χ2n) is 13.2. The number of hydrogen-bond donors (Lipinski definition) is 4. The number of hydrogen-bond acceptors (Lipinski definition) is 10. The normalized spacial score (nSPS) is 13.9. The van der Waals surface area contributed by atoms with Crippen molar-refractivity contribution in [2.75, 3.05) is 40.3 Å². The Balaban J connectivity index is 0.000000159. The van der Waals surface area contributed by atoms with Crippen LogP contribution in [0.25, 0.3) is 15.5 Å². The Morgan fingerprint density at radius 3 is 1.84 bits per heavy atom. The Morgan fingerprint density at radius 1 is 0.810 bits per heavy atom. The van der Waals surface area contributed by atoms with Crippen LogP contribution in [-0.2, 0) is 23.9 Å². The number of benzene rings is 2. The maximum atomic E-state index is 12.4. The molecule has 2 atom stereocenters. The number of imidazole rings is 3. The largest absolute Gasteiger partial charge is 0.471 e. The van der Waals surface area contributed by atoms with E-state index in [4.69, 9.17) is 4.79 Å². The van der Waals surface area contributed by atoms with Gasteiger partial charge in [-0.3, -0.25) is 23.6 Å². The number of fused-ring (bicyclic) bond motifs is 1. The van der Waals surface area contributed by atoms with Crippen molar-refractivity contribution in [2.24, 2.45) is 0 Å². The van der Waals surface area contributed by atoms with Gasteiger partial charge in [-0.15, -0.1) is 0 Å². The number of amides is 3. The molecular formula is C42H48N10O5S. The Bertz CT molecular complexity index is 2190. The molecule has 2 aromatic carbocycles. The molecule has 4 aromatic heterocycles. The first-order chi connectivity index (χ1) is 28.3. The molecule has 4 N–H and O–H groups in total. The number of ether oxygens (including phenoxy) is 1. The Labute approximate surface area is 341 Å². The molecule has 302 valence electrons. The van der Waals surface area contributed by atoms with Gasteiger partial charge >= 0.3 is 0 Å². The molecule has 2 aliphatic rings. The van der Waals surface area contributed by atoms with E-state index in [1.54, 1.807) is 36.4 Å². The van der Waals surface area contributed by atoms with Crippen LogP contribution in [0.3, 0.4) is 0 Å². The number of thiazole rings is 1. The second kappa shape index (κ2) is 22.2. The van der Waals surface area contributed by atoms with E-state index in [1.165, 1.54) is 14.0 Å². The first kappa shape index (κ1) is 42.6. The molecule has 0 saturated carbocycles. The predicted octanol–water partition coefficient (Wildman–Crippen LogP) is 4.75. The lowest BCUT2D eigenvalue weighted by atomic mass is 10.1. The molecule has 2 aliphatic heterocycles. The fraction of sp³-hybridized carbons (Fsp3) is 0.310. The number of nitrogens with zero attached hydrogens (tertiary/aromatic N) is 6. The predicted molar refractivity (Wildman–Crippen MR) is 221 cm³/mol. The van der Waals surface area contributed by atoms with E-state index >= 15 is 0 Å². The number of aromatic nitrogens is 6. The summed E-state index contributed by atoms with van der Waals surface area (Å²) < 4.78 is 5.83. The highest BCUT2D eigenvalue weighted by Gasteiger charge is 2.28. The summed E-state index contributed by atoms with van der Waals surface area (Å²) >= 11 is 1.59. The molecule has 2 saturated heterocycles. The lowest BCUT2D eigenvalue weighted by Crippen LogP contribution is -2.41. The van der Waals surface area contributed by atoms with Crippen molar-refractivity contribution in [1.29, 1.82) is 0 Å². The minimum atomic E-state index is -0.554. The molecule has 3 amide bonds. The van der Waals surface area contributed by atoms with Crippen molar-refractivity contribution >= 4 is 40.5 Å². The van der Waals surface area contributed by atoms with Gasteiger partial charge in [0.05, 0.1) is 42.7 Å². The second-order valence-corrected chi connectivity index (χ2v) is 14.2. The number of carbonyl (C=O) groups is 4. The van der Waals surface area contributed by atoms with Crippen LogP contribution >= 0.6 is 11.3 Å². The molecule has 0 bridgehead atoms. The molecule has 0 spiro atoms. The zero-order valence-electron chi connectivity index (χ0n) is 32.8. The highest BCUT2D eigenvalue weighted by atomic mass is 32.1. The summed E-state index contributed by atoms with van der Waals surface area (Å²) in [6, 6.07) is 18.5. The van der Waals surface area contributed by atoms with Crippen molar-refractivity contribution in [3.05, 3.63) is 121 Å². The van der Waals surface area contributed by atoms with Gasteiger partial charge in [0.1, 0.15) is 23.5 Å². The van der Waals surface area contributed by atoms with E-state index in [0.717, 1.165) is 89.9 Å². The Hall–Kier alpha value is -6.57. The molecule has 58 heavy (non-hydrogen) atoms. The SMILES string of the molecule is C(#Cc1cnc[nH]1)c1cn2cc(-c3cnc[nH]3)sc2n1.CC(=O)NC(C(=O)N1CCCC1)c1ccccc1.CNC(C(=O)N1CCCC1)c1ccccc1.COC=O. The van der Waals surface area contributed by atoms with Gasteiger partial charge in [-0.2, -0.15) is 0 Å². The van der Waals surface area contributed by atoms with Crippen molar-refractivity contribution in [3.63, 3.8) is 0 Å². The number of likely N-dealkylation sites (tertiary alicyclic amines) is 2. The molecule has 15 nitrogen and oxygen atoms in total. The number of rotatable bonds is 8. The fourth-order valence-corrected chi connectivity index (χ4v) is 7.22. The average Bonchev–Trinajstić information content (AvgIpc) is 4.10. The monoisotopic (exact) mass is 804 g/mol. The van der Waals surface area contributed by atoms with Crippen LogP contribution < -0.4 is 10.6 Å². The molecule has 0 radical (unpaired) electrons. The van der Waals surface area contributed by atoms with Gasteiger partial charge < -0.3 is 35.1 Å². The van der Waals surface area contributed by atoms with Gasteiger partial charge in [0.25, 0.3) is 6.47 Å². The summed E-state index contributed by atoms with van der Waals surface area (Å²) in [5, 5.41) is 5.85. The smallest absolute Gasteiger partial charge is 0.292 e. The standard InChI is InChI=1S/C14H18N2O2.C13H8N6S.C13H18N2O.C2H4O2/c1-11(17)15-13(12-7-3-2-4-8-12)14(18)16-9-5-6-10-16;1(9-3-14-7-16-9)2-10-5-19-6-12(20-13(19)18-10)11-4-15-8-17-11;1-14-12(11-7-3-2-4-8-11)13(16)15-9-5-6-10-15;1-4-2-3/h2-4,7-8,13H,5-6,9-10H2,1H3,(H,15,17);3-8H,(H,14,16)(H,15,17);2-4,7-8,12,14H,5-6,9-10H2,1H3;2H,1H3. The van der Waals surface area contributed by atoms with Gasteiger partial charge in [0.15, 0.2) is 4.96 Å². The van der Waals surface area contributed by atoms with Crippen LogP contribution in [0.15, 0.2) is 98.1 Å². The van der Waals surface area contributed by atoms with Crippen molar-refractivity contribution < 1.29 is 23.9 Å². The van der Waals surface area contributed by atoms with Gasteiger partial charge in [-0.05, 0) is 55.7 Å². The summed E-state index contributed by atoms with van der Waals surface area (Å²) in [7, 11) is 3.15. The zero-order valence-corrected chi connectivity index (χ0v) is 33.6. The van der Waals surface area contributed by atoms with E-state index in [-0.39, 0.29) is 23.8 Å². The third-order valence-corrected chi connectivity index (χ3v) is 10.1. The molecule has 8 rings (SSSR count). The van der Waals surface area contributed by atoms with Crippen molar-refractivity contribution in [3.8, 4) is 22.4 Å². The Morgan fingerprint density at radius 2 is 1.36 bits per heavy atom. The van der Waals surface area contributed by atoms with Gasteiger partial charge in [0.2, 0.25) is 17.7 Å². The summed E-state index contributed by atoms with van der Waals surface area (Å²) in [5.41, 5.74) is 4.39. The molecule has 2 fully saturated rings. The van der Waals surface area contributed by atoms with Crippen LogP contribution in [0.4, 0.5) is 0 Å². The first-order valence-electron chi connectivity index (χ1n) is 18.9. The lowest BCUT2D eigenvalue weighted by Gasteiger charge is -2.23. The number of methoxy groups -OCH3 is 1. The van der Waals surface area contributed by atoms with Crippen molar-refractivity contribution in [2.45, 2.75) is 44.7 Å². The number of H-pyrrole nitrogens is 2. The van der Waals surface area contributed by atoms with Crippen LogP contribution in [0.5, 0.6) is 0 Å². The van der Waals surface area contributed by atoms with Crippen LogP contribution in [0.1, 0.15) is 67.2 Å². The number of aromatic amines is 2. The van der Waals surface area contributed by atoms with Crippen LogP contribution in [-0.4, -0.2) is 104 Å². The van der Waals surface area contributed by atoms with E-state index < -0.39 is 6.04 Å². The van der Waals surface area contributed by atoms with E-state index in [2.05, 4.69) is 52.1 Å². The molecule has 6 heterocycles. The zero-order chi connectivity index (χ0) is 41.1. The van der Waals surface area contributed by atoms with E-state index in [0.29, 0.717) is 6.47 Å². The summed E-state index contributed by atoms with van der Waals surface area (Å²) in [5.74, 6) is 6.00. The maximum Gasteiger partial charge on any atom is 0.292 e. The Kier molecular flexibility index (Phi) is 16.3. The minimum absolute atomic E-state index is 0.00565. The highest BCUT2D eigenvalue weighted by Crippen LogP contribution is 2.26. The van der Waals surface area contributed by atoms with Crippen molar-refractivity contribution in [1.82, 2.24) is 49.8 Å². The molecule has 2 unspecified atom stereocenters. The minimum Gasteiger partial charge on any atom is -0.471 e. The third kappa shape index (κ3) is 12.2. The average molecular weight is 805 g/mol. The van der Waals surface area contributed by atoms with Gasteiger partial charge in [-0.1, -0.05) is 72.0 Å². The molecular weight excluding hydrogens is 757 g/mol. The summed E-state index contributed by atoms with van der Waals surface area (Å²) in [6.07, 6.45) is 15.0. The highest BCUT2D eigenvalue weighted by molar-refractivity contribution is 7.20. The van der Waals surface area contributed by atoms with Gasteiger partial charge in [0, 0.05) is 45.5 Å². The topological polar surface area (TPSA) is 183 Å². The third-order valence-electron chi connectivity index (χ3n) is 9.07. The summed E-state index contributed by atoms with van der Waals surface area (Å²) in [4.78, 5) is 69.1. The van der Waals surface area contributed by atoms with E-state index in [1.807, 2.05) is 94.3 Å². The first-order valence-corrected chi connectivity index (χ1v) is 19.7. The molecule has 0 aliphatic carbocycles. The maximum absolute atomic E-state index is 12.4. The molecule has 16 heteroatoms. The van der Waals surface area contributed by atoms with E-state index in [9.17, 15) is 14.4 Å². The fourth-order valence-electron chi connectivity index (χ4n) is 6.28. The quantitative estimate of drug-likeness (QED) is 0.125. The van der Waals surface area contributed by atoms with Crippen LogP contribution in [0.2, 0.25) is 0 Å². The molecule has 6 aromatic rings. The lowest BCUT2D eigenvalue weighted by molar-refractivity contribution is -0.135. The number of likely N-dealkylation sites (N-methyl/N-ethyl adjacent to an activating group) is 1. The van der Waals surface area contributed by atoms with Crippen LogP contribution in [0, 0.1) is 11.8 Å². The number of carbonyl (C=O) groups excluding carboxylic acids is 4. The van der Waals surface area contributed by atoms with Gasteiger partial charge in [-0.25, -0.2) is 15.0 Å². The number of nitrogens with one attached hydrogen (secondary N) is 4. The summed E-state index contributed by atoms with van der Waals surface area (Å²) in [6.45, 7) is 5.21.